The lowest BCUT2D eigenvalue weighted by Gasteiger charge is -2.28. The number of fused-ring (bicyclic) bond motifs is 1. The molecule has 2 atom stereocenters. The largest absolute Gasteiger partial charge is 0.484 e. The van der Waals surface area contributed by atoms with E-state index in [-0.39, 0.29) is 18.6 Å². The zero-order valence-corrected chi connectivity index (χ0v) is 12.5. The van der Waals surface area contributed by atoms with Crippen molar-refractivity contribution in [2.75, 3.05) is 6.61 Å². The van der Waals surface area contributed by atoms with Crippen LogP contribution in [0.25, 0.3) is 10.8 Å². The highest BCUT2D eigenvalue weighted by atomic mass is 16.5. The van der Waals surface area contributed by atoms with Crippen LogP contribution >= 0.6 is 0 Å². The fourth-order valence-electron chi connectivity index (χ4n) is 2.93. The van der Waals surface area contributed by atoms with Crippen molar-refractivity contribution in [3.63, 3.8) is 0 Å². The maximum absolute atomic E-state index is 11.9. The molecule has 1 amide bonds. The minimum atomic E-state index is -0.432. The number of nitrogens with one attached hydrogen (secondary N) is 1. The lowest BCUT2D eigenvalue weighted by atomic mass is 9.92. The molecule has 2 unspecified atom stereocenters. The van der Waals surface area contributed by atoms with Crippen LogP contribution < -0.4 is 10.1 Å². The molecule has 1 saturated carbocycles. The van der Waals surface area contributed by atoms with Crippen LogP contribution in [-0.2, 0) is 4.79 Å². The highest BCUT2D eigenvalue weighted by Crippen LogP contribution is 2.21. The summed E-state index contributed by atoms with van der Waals surface area (Å²) in [4.78, 5) is 11.9. The summed E-state index contributed by atoms with van der Waals surface area (Å²) >= 11 is 0. The van der Waals surface area contributed by atoms with Gasteiger partial charge in [-0.1, -0.05) is 43.2 Å². The third-order valence-corrected chi connectivity index (χ3v) is 4.17. The van der Waals surface area contributed by atoms with Gasteiger partial charge in [-0.3, -0.25) is 4.79 Å². The van der Waals surface area contributed by atoms with E-state index in [1.165, 1.54) is 0 Å². The summed E-state index contributed by atoms with van der Waals surface area (Å²) < 4.78 is 5.56. The molecule has 116 valence electrons. The summed E-state index contributed by atoms with van der Waals surface area (Å²) in [5, 5.41) is 15.0. The van der Waals surface area contributed by atoms with E-state index in [2.05, 4.69) is 5.32 Å². The fourth-order valence-corrected chi connectivity index (χ4v) is 2.93. The first-order valence-electron chi connectivity index (χ1n) is 7.81. The molecule has 2 aromatic carbocycles. The first-order valence-corrected chi connectivity index (χ1v) is 7.81. The van der Waals surface area contributed by atoms with E-state index in [0.717, 1.165) is 36.5 Å². The van der Waals surface area contributed by atoms with Crippen LogP contribution in [-0.4, -0.2) is 29.8 Å². The Morgan fingerprint density at radius 2 is 1.91 bits per heavy atom. The van der Waals surface area contributed by atoms with E-state index >= 15 is 0 Å². The average Bonchev–Trinajstić information content (AvgIpc) is 2.55. The van der Waals surface area contributed by atoms with Gasteiger partial charge in [0, 0.05) is 0 Å². The Balaban J connectivity index is 1.55. The van der Waals surface area contributed by atoms with Gasteiger partial charge in [0.1, 0.15) is 5.75 Å². The van der Waals surface area contributed by atoms with Crippen LogP contribution in [0, 0.1) is 0 Å². The number of aliphatic hydroxyl groups is 1. The highest BCUT2D eigenvalue weighted by molar-refractivity contribution is 5.84. The quantitative estimate of drug-likeness (QED) is 0.912. The minimum Gasteiger partial charge on any atom is -0.484 e. The van der Waals surface area contributed by atoms with Gasteiger partial charge in [-0.25, -0.2) is 0 Å². The van der Waals surface area contributed by atoms with Gasteiger partial charge in [-0.2, -0.15) is 0 Å². The van der Waals surface area contributed by atoms with Crippen molar-refractivity contribution in [1.82, 2.24) is 5.32 Å². The number of carbonyl (C=O) groups excluding carboxylic acids is 1. The molecule has 22 heavy (non-hydrogen) atoms. The van der Waals surface area contributed by atoms with Crippen LogP contribution in [0.1, 0.15) is 25.7 Å². The Morgan fingerprint density at radius 3 is 2.73 bits per heavy atom. The Morgan fingerprint density at radius 1 is 1.14 bits per heavy atom. The SMILES string of the molecule is O=C(COc1ccc2ccccc2c1)NC1CCCCC1O. The monoisotopic (exact) mass is 299 g/mol. The van der Waals surface area contributed by atoms with E-state index < -0.39 is 6.10 Å². The molecule has 0 heterocycles. The Bertz CT molecular complexity index is 656. The number of rotatable bonds is 4. The molecule has 0 aliphatic heterocycles. The first-order chi connectivity index (χ1) is 10.7. The molecule has 0 aromatic heterocycles. The van der Waals surface area contributed by atoms with Crippen molar-refractivity contribution in [3.05, 3.63) is 42.5 Å². The minimum absolute atomic E-state index is 0.0262. The van der Waals surface area contributed by atoms with Gasteiger partial charge in [0.05, 0.1) is 12.1 Å². The van der Waals surface area contributed by atoms with E-state index in [4.69, 9.17) is 4.74 Å². The number of hydrogen-bond acceptors (Lipinski definition) is 3. The van der Waals surface area contributed by atoms with Gasteiger partial charge in [0.25, 0.3) is 5.91 Å². The molecular formula is C18H21NO3. The normalized spacial score (nSPS) is 21.5. The second-order valence-corrected chi connectivity index (χ2v) is 5.82. The van der Waals surface area contributed by atoms with Crippen molar-refractivity contribution in [3.8, 4) is 5.75 Å². The van der Waals surface area contributed by atoms with Crippen molar-refractivity contribution < 1.29 is 14.6 Å². The third-order valence-electron chi connectivity index (χ3n) is 4.17. The number of amides is 1. The number of hydrogen-bond donors (Lipinski definition) is 2. The Hall–Kier alpha value is -2.07. The predicted molar refractivity (Wildman–Crippen MR) is 85.8 cm³/mol. The van der Waals surface area contributed by atoms with Gasteiger partial charge in [0.2, 0.25) is 0 Å². The Kier molecular flexibility index (Phi) is 4.59. The van der Waals surface area contributed by atoms with Gasteiger partial charge < -0.3 is 15.2 Å². The lowest BCUT2D eigenvalue weighted by Crippen LogP contribution is -2.46. The van der Waals surface area contributed by atoms with Crippen LogP contribution in [0.3, 0.4) is 0 Å². The van der Waals surface area contributed by atoms with E-state index in [1.807, 2.05) is 42.5 Å². The zero-order valence-electron chi connectivity index (χ0n) is 12.5. The smallest absolute Gasteiger partial charge is 0.258 e. The molecule has 4 heteroatoms. The standard InChI is InChI=1S/C18H21NO3/c20-17-8-4-3-7-16(17)19-18(21)12-22-15-10-9-13-5-1-2-6-14(13)11-15/h1-2,5-6,9-11,16-17,20H,3-4,7-8,12H2,(H,19,21). The molecule has 2 N–H and O–H groups in total. The maximum Gasteiger partial charge on any atom is 0.258 e. The van der Waals surface area contributed by atoms with Crippen molar-refractivity contribution in [2.24, 2.45) is 0 Å². The molecule has 0 saturated heterocycles. The van der Waals surface area contributed by atoms with Gasteiger partial charge in [-0.05, 0) is 35.7 Å². The van der Waals surface area contributed by atoms with Gasteiger partial charge in [0.15, 0.2) is 6.61 Å². The molecule has 1 fully saturated rings. The predicted octanol–water partition coefficient (Wildman–Crippen LogP) is 2.64. The second-order valence-electron chi connectivity index (χ2n) is 5.82. The summed E-state index contributed by atoms with van der Waals surface area (Å²) in [6.45, 7) is -0.0262. The number of carbonyl (C=O) groups is 1. The van der Waals surface area contributed by atoms with Gasteiger partial charge in [-0.15, -0.1) is 0 Å². The summed E-state index contributed by atoms with van der Waals surface area (Å²) in [6.07, 6.45) is 3.24. The third kappa shape index (κ3) is 3.57. The van der Waals surface area contributed by atoms with Crippen molar-refractivity contribution >= 4 is 16.7 Å². The van der Waals surface area contributed by atoms with E-state index in [1.54, 1.807) is 0 Å². The van der Waals surface area contributed by atoms with Crippen molar-refractivity contribution in [1.29, 1.82) is 0 Å². The fraction of sp³-hybridized carbons (Fsp3) is 0.389. The summed E-state index contributed by atoms with van der Waals surface area (Å²) in [7, 11) is 0. The molecule has 4 nitrogen and oxygen atoms in total. The summed E-state index contributed by atoms with van der Waals surface area (Å²) in [5.74, 6) is 0.497. The number of benzene rings is 2. The number of aliphatic hydroxyl groups excluding tert-OH is 1. The lowest BCUT2D eigenvalue weighted by molar-refractivity contribution is -0.125. The molecular weight excluding hydrogens is 278 g/mol. The molecule has 0 spiro atoms. The average molecular weight is 299 g/mol. The first kappa shape index (κ1) is 14.9. The van der Waals surface area contributed by atoms with Crippen LogP contribution in [0.5, 0.6) is 5.75 Å². The van der Waals surface area contributed by atoms with E-state index in [0.29, 0.717) is 5.75 Å². The zero-order chi connectivity index (χ0) is 15.4. The molecule has 0 bridgehead atoms. The van der Waals surface area contributed by atoms with Crippen LogP contribution in [0.4, 0.5) is 0 Å². The topological polar surface area (TPSA) is 58.6 Å². The summed E-state index contributed by atoms with van der Waals surface area (Å²) in [5.41, 5.74) is 0. The summed E-state index contributed by atoms with van der Waals surface area (Å²) in [6, 6.07) is 13.7. The highest BCUT2D eigenvalue weighted by Gasteiger charge is 2.24. The van der Waals surface area contributed by atoms with Crippen LogP contribution in [0.15, 0.2) is 42.5 Å². The van der Waals surface area contributed by atoms with Gasteiger partial charge >= 0.3 is 0 Å². The van der Waals surface area contributed by atoms with Crippen molar-refractivity contribution in [2.45, 2.75) is 37.8 Å². The second kappa shape index (κ2) is 6.79. The molecule has 1 aliphatic rings. The number of ether oxygens (including phenoxy) is 1. The molecule has 3 rings (SSSR count). The molecule has 0 radical (unpaired) electrons. The molecule has 2 aromatic rings. The molecule has 1 aliphatic carbocycles. The maximum atomic E-state index is 11.9. The van der Waals surface area contributed by atoms with Crippen LogP contribution in [0.2, 0.25) is 0 Å². The Labute approximate surface area is 130 Å². The van der Waals surface area contributed by atoms with E-state index in [9.17, 15) is 9.90 Å².